The van der Waals surface area contributed by atoms with E-state index in [2.05, 4.69) is 5.32 Å². The fourth-order valence-electron chi connectivity index (χ4n) is 3.03. The van der Waals surface area contributed by atoms with Gasteiger partial charge in [-0.05, 0) is 31.9 Å². The van der Waals surface area contributed by atoms with E-state index in [1.165, 1.54) is 32.6 Å². The maximum atomic E-state index is 13.5. The molecule has 2 rings (SSSR count). The molecule has 0 unspecified atom stereocenters. The molecule has 0 heterocycles. The van der Waals surface area contributed by atoms with Gasteiger partial charge < -0.3 is 5.32 Å². The van der Waals surface area contributed by atoms with Crippen molar-refractivity contribution >= 4 is 33.4 Å². The fourth-order valence-corrected chi connectivity index (χ4v) is 5.42. The van der Waals surface area contributed by atoms with Crippen LogP contribution in [-0.2, 0) is 14.8 Å². The van der Waals surface area contributed by atoms with E-state index in [9.17, 15) is 22.0 Å². The third-order valence-corrected chi connectivity index (χ3v) is 6.93. The zero-order chi connectivity index (χ0) is 19.3. The van der Waals surface area contributed by atoms with Crippen LogP contribution in [0.5, 0.6) is 0 Å². The molecule has 9 heteroatoms. The maximum Gasteiger partial charge on any atom is 0.243 e. The number of carbonyl (C=O) groups is 1. The van der Waals surface area contributed by atoms with Crippen molar-refractivity contribution in [2.45, 2.75) is 43.9 Å². The summed E-state index contributed by atoms with van der Waals surface area (Å²) in [6, 6.07) is 1.67. The highest BCUT2D eigenvalue weighted by atomic mass is 32.2. The molecule has 146 valence electrons. The number of thioether (sulfide) groups is 1. The molecular formula is C17H24F2N2O3S2. The van der Waals surface area contributed by atoms with Gasteiger partial charge in [-0.2, -0.15) is 11.8 Å². The van der Waals surface area contributed by atoms with Crippen LogP contribution in [0.25, 0.3) is 0 Å². The van der Waals surface area contributed by atoms with Crippen molar-refractivity contribution < 1.29 is 22.0 Å². The fraction of sp³-hybridized carbons (Fsp3) is 0.588. The Morgan fingerprint density at radius 1 is 1.31 bits per heavy atom. The number of hydrogen-bond acceptors (Lipinski definition) is 4. The van der Waals surface area contributed by atoms with Gasteiger partial charge in [0.1, 0.15) is 6.04 Å². The Balaban J connectivity index is 2.00. The minimum Gasteiger partial charge on any atom is -0.353 e. The van der Waals surface area contributed by atoms with E-state index < -0.39 is 33.6 Å². The molecule has 0 bridgehead atoms. The Bertz CT molecular complexity index is 738. The van der Waals surface area contributed by atoms with E-state index in [0.717, 1.165) is 34.5 Å². The quantitative estimate of drug-likeness (QED) is 0.674. The predicted molar refractivity (Wildman–Crippen MR) is 101 cm³/mol. The van der Waals surface area contributed by atoms with E-state index >= 15 is 0 Å². The first-order chi connectivity index (χ1) is 12.2. The first kappa shape index (κ1) is 21.0. The van der Waals surface area contributed by atoms with Gasteiger partial charge in [-0.1, -0.05) is 12.8 Å². The van der Waals surface area contributed by atoms with E-state index in [1.807, 2.05) is 11.8 Å². The molecule has 1 saturated carbocycles. The summed E-state index contributed by atoms with van der Waals surface area (Å²) in [6.45, 7) is 1.85. The molecule has 5 nitrogen and oxygen atoms in total. The van der Waals surface area contributed by atoms with Crippen molar-refractivity contribution in [2.24, 2.45) is 0 Å². The number of amides is 1. The molecule has 1 aliphatic rings. The smallest absolute Gasteiger partial charge is 0.243 e. The van der Waals surface area contributed by atoms with Gasteiger partial charge >= 0.3 is 0 Å². The summed E-state index contributed by atoms with van der Waals surface area (Å²) < 4.78 is 51.6. The molecule has 0 saturated heterocycles. The number of nitrogens with one attached hydrogen (secondary N) is 1. The van der Waals surface area contributed by atoms with E-state index in [4.69, 9.17) is 0 Å². The van der Waals surface area contributed by atoms with Crippen molar-refractivity contribution in [2.75, 3.05) is 22.9 Å². The van der Waals surface area contributed by atoms with Gasteiger partial charge in [0.25, 0.3) is 0 Å². The second-order valence-corrected chi connectivity index (χ2v) is 9.67. The maximum absolute atomic E-state index is 13.5. The summed E-state index contributed by atoms with van der Waals surface area (Å²) in [7, 11) is -3.86. The molecule has 1 N–H and O–H groups in total. The number of rotatable bonds is 8. The third kappa shape index (κ3) is 5.57. The first-order valence-electron chi connectivity index (χ1n) is 8.54. The number of halogens is 2. The van der Waals surface area contributed by atoms with Crippen LogP contribution in [0, 0.1) is 11.6 Å². The Hall–Kier alpha value is -1.35. The normalized spacial score (nSPS) is 16.5. The summed E-state index contributed by atoms with van der Waals surface area (Å²) in [6.07, 6.45) is 5.82. The van der Waals surface area contributed by atoms with Gasteiger partial charge in [0.2, 0.25) is 15.9 Å². The van der Waals surface area contributed by atoms with Crippen LogP contribution in [-0.4, -0.2) is 44.2 Å². The lowest BCUT2D eigenvalue weighted by Gasteiger charge is -2.28. The van der Waals surface area contributed by atoms with Gasteiger partial charge in [-0.15, -0.1) is 0 Å². The molecule has 1 fully saturated rings. The van der Waals surface area contributed by atoms with Crippen molar-refractivity contribution in [1.29, 1.82) is 0 Å². The monoisotopic (exact) mass is 406 g/mol. The van der Waals surface area contributed by atoms with Crippen LogP contribution >= 0.6 is 11.8 Å². The molecule has 1 aromatic carbocycles. The standard InChI is InChI=1S/C17H24F2N2O3S2/c1-12(17(22)20-9-10-25-14-5-3-4-6-14)21(26(2,23)24)13-7-8-15(18)16(19)11-13/h7-8,11-12,14H,3-6,9-10H2,1-2H3,(H,20,22)/t12-/m1/s1. The second-order valence-electron chi connectivity index (χ2n) is 6.40. The average Bonchev–Trinajstić information content (AvgIpc) is 3.07. The summed E-state index contributed by atoms with van der Waals surface area (Å²) in [5.74, 6) is -1.97. The molecular weight excluding hydrogens is 382 g/mol. The van der Waals surface area contributed by atoms with Gasteiger partial charge in [-0.25, -0.2) is 17.2 Å². The highest BCUT2D eigenvalue weighted by Crippen LogP contribution is 2.29. The number of sulfonamides is 1. The number of anilines is 1. The van der Waals surface area contributed by atoms with Crippen LogP contribution in [0.4, 0.5) is 14.5 Å². The number of carbonyl (C=O) groups excluding carboxylic acids is 1. The summed E-state index contributed by atoms with van der Waals surface area (Å²) in [5.41, 5.74) is -0.0885. The summed E-state index contributed by atoms with van der Waals surface area (Å²) in [4.78, 5) is 12.4. The zero-order valence-electron chi connectivity index (χ0n) is 14.9. The van der Waals surface area contributed by atoms with Crippen LogP contribution < -0.4 is 9.62 Å². The molecule has 0 aromatic heterocycles. The second kappa shape index (κ2) is 9.03. The number of benzene rings is 1. The lowest BCUT2D eigenvalue weighted by molar-refractivity contribution is -0.121. The topological polar surface area (TPSA) is 66.5 Å². The SMILES string of the molecule is C[C@H](C(=O)NCCSC1CCCC1)N(c1ccc(F)c(F)c1)S(C)(=O)=O. The number of hydrogen-bond donors (Lipinski definition) is 1. The largest absolute Gasteiger partial charge is 0.353 e. The predicted octanol–water partition coefficient (Wildman–Crippen LogP) is 2.91. The zero-order valence-corrected chi connectivity index (χ0v) is 16.5. The van der Waals surface area contributed by atoms with Gasteiger partial charge in [-0.3, -0.25) is 9.10 Å². The van der Waals surface area contributed by atoms with Crippen LogP contribution in [0.2, 0.25) is 0 Å². The van der Waals surface area contributed by atoms with Gasteiger partial charge in [0.15, 0.2) is 11.6 Å². The first-order valence-corrected chi connectivity index (χ1v) is 11.4. The Morgan fingerprint density at radius 3 is 2.54 bits per heavy atom. The number of nitrogens with zero attached hydrogens (tertiary/aromatic N) is 1. The van der Waals surface area contributed by atoms with Crippen LogP contribution in [0.15, 0.2) is 18.2 Å². The third-order valence-electron chi connectivity index (χ3n) is 4.30. The van der Waals surface area contributed by atoms with Crippen molar-refractivity contribution in [3.63, 3.8) is 0 Å². The molecule has 26 heavy (non-hydrogen) atoms. The molecule has 1 atom stereocenters. The lowest BCUT2D eigenvalue weighted by Crippen LogP contribution is -2.48. The lowest BCUT2D eigenvalue weighted by atomic mass is 10.2. The minimum absolute atomic E-state index is 0.0885. The highest BCUT2D eigenvalue weighted by Gasteiger charge is 2.29. The van der Waals surface area contributed by atoms with Gasteiger partial charge in [0, 0.05) is 23.6 Å². The van der Waals surface area contributed by atoms with Gasteiger partial charge in [0.05, 0.1) is 11.9 Å². The molecule has 1 aromatic rings. The average molecular weight is 407 g/mol. The molecule has 0 radical (unpaired) electrons. The van der Waals surface area contributed by atoms with Crippen LogP contribution in [0.1, 0.15) is 32.6 Å². The summed E-state index contributed by atoms with van der Waals surface area (Å²) >= 11 is 1.81. The molecule has 1 amide bonds. The molecule has 0 aliphatic heterocycles. The van der Waals surface area contributed by atoms with Crippen molar-refractivity contribution in [3.8, 4) is 0 Å². The van der Waals surface area contributed by atoms with E-state index in [-0.39, 0.29) is 5.69 Å². The van der Waals surface area contributed by atoms with Crippen molar-refractivity contribution in [3.05, 3.63) is 29.8 Å². The molecule has 1 aliphatic carbocycles. The Labute approximate surface area is 157 Å². The van der Waals surface area contributed by atoms with E-state index in [0.29, 0.717) is 11.8 Å². The summed E-state index contributed by atoms with van der Waals surface area (Å²) in [5, 5.41) is 3.36. The minimum atomic E-state index is -3.86. The Kier molecular flexibility index (Phi) is 7.28. The van der Waals surface area contributed by atoms with E-state index in [1.54, 1.807) is 0 Å². The van der Waals surface area contributed by atoms with Crippen molar-refractivity contribution in [1.82, 2.24) is 5.32 Å². The van der Waals surface area contributed by atoms with Crippen LogP contribution in [0.3, 0.4) is 0 Å². The highest BCUT2D eigenvalue weighted by molar-refractivity contribution is 7.99. The Morgan fingerprint density at radius 2 is 1.96 bits per heavy atom. The molecule has 0 spiro atoms.